The first-order valence-corrected chi connectivity index (χ1v) is 17.5. The van der Waals surface area contributed by atoms with Crippen LogP contribution in [0.4, 0.5) is 10.2 Å². The van der Waals surface area contributed by atoms with Gasteiger partial charge in [-0.2, -0.15) is 9.61 Å². The highest BCUT2D eigenvalue weighted by Crippen LogP contribution is 2.40. The van der Waals surface area contributed by atoms with Crippen LogP contribution in [0, 0.1) is 19.7 Å². The number of piperidine rings is 1. The Labute approximate surface area is 301 Å². The van der Waals surface area contributed by atoms with Gasteiger partial charge in [0.2, 0.25) is 0 Å². The topological polar surface area (TPSA) is 87.4 Å². The Kier molecular flexibility index (Phi) is 11.4. The predicted molar refractivity (Wildman–Crippen MR) is 200 cm³/mol. The molecule has 1 fully saturated rings. The highest BCUT2D eigenvalue weighted by molar-refractivity contribution is 5.81. The molecule has 0 N–H and O–H groups in total. The molecule has 0 bridgehead atoms. The lowest BCUT2D eigenvalue weighted by molar-refractivity contribution is -0.164. The number of esters is 1. The maximum atomic E-state index is 14.8. The van der Waals surface area contributed by atoms with E-state index in [2.05, 4.69) is 25.0 Å². The van der Waals surface area contributed by atoms with Crippen molar-refractivity contribution in [3.63, 3.8) is 0 Å². The van der Waals surface area contributed by atoms with Crippen molar-refractivity contribution in [2.45, 2.75) is 91.1 Å². The van der Waals surface area contributed by atoms with E-state index in [-0.39, 0.29) is 17.5 Å². The molecule has 9 nitrogen and oxygen atoms in total. The summed E-state index contributed by atoms with van der Waals surface area (Å²) >= 11 is 0. The molecule has 4 aromatic rings. The number of aromatic nitrogens is 3. The maximum absolute atomic E-state index is 14.8. The first-order valence-electron chi connectivity index (χ1n) is 17.5. The van der Waals surface area contributed by atoms with E-state index >= 15 is 0 Å². The lowest BCUT2D eigenvalue weighted by Crippen LogP contribution is -2.45. The Balaban J connectivity index is 1.65. The highest BCUT2D eigenvalue weighted by atomic mass is 19.1. The fraction of sp³-hybridized carbons (Fsp3) is 0.439. The molecule has 5 rings (SSSR count). The Morgan fingerprint density at radius 2 is 1.78 bits per heavy atom. The molecule has 2 aromatic heterocycles. The highest BCUT2D eigenvalue weighted by Gasteiger charge is 2.38. The first kappa shape index (κ1) is 37.7. The smallest absolute Gasteiger partial charge is 0.339 e. The fourth-order valence-corrected chi connectivity index (χ4v) is 6.48. The molecule has 0 amide bonds. The summed E-state index contributed by atoms with van der Waals surface area (Å²) in [6, 6.07) is 13.1. The molecule has 0 saturated carbocycles. The van der Waals surface area contributed by atoms with Crippen molar-refractivity contribution in [1.29, 1.82) is 0 Å². The quantitative estimate of drug-likeness (QED) is 0.101. The summed E-state index contributed by atoms with van der Waals surface area (Å²) in [6.45, 7) is 22.8. The van der Waals surface area contributed by atoms with Crippen molar-refractivity contribution in [2.24, 2.45) is 0 Å². The number of fused-ring (bicyclic) bond motifs is 1. The van der Waals surface area contributed by atoms with Gasteiger partial charge in [-0.05, 0) is 84.6 Å². The van der Waals surface area contributed by atoms with E-state index in [1.165, 1.54) is 13.2 Å². The van der Waals surface area contributed by atoms with Gasteiger partial charge in [-0.15, -0.1) is 13.2 Å². The van der Waals surface area contributed by atoms with Crippen LogP contribution in [-0.4, -0.2) is 64.7 Å². The summed E-state index contributed by atoms with van der Waals surface area (Å²) in [7, 11) is 1.36. The Bertz CT molecular complexity index is 1900. The predicted octanol–water partition coefficient (Wildman–Crippen LogP) is 8.75. The molecule has 1 aliphatic rings. The van der Waals surface area contributed by atoms with Crippen LogP contribution < -0.4 is 9.64 Å². The number of benzene rings is 2. The number of carbonyl (C=O) groups excluding carboxylic acids is 1. The van der Waals surface area contributed by atoms with Gasteiger partial charge in [0.15, 0.2) is 11.8 Å². The second kappa shape index (κ2) is 15.4. The van der Waals surface area contributed by atoms with Gasteiger partial charge in [0, 0.05) is 48.5 Å². The maximum Gasteiger partial charge on any atom is 0.339 e. The molecule has 2 atom stereocenters. The Hall–Kier alpha value is -4.54. The standard InChI is InChI=1S/C41H51FN4O5/c1-11-14-27(4)50-34-24-32(42)26(3)22-31(34)29-15-13-16-30(23-29)33-25-35-43-28(5)36(37(39(47)48-10)51-40(6,7)8)38(46(35)44-33)45-19-17-41(9,18-20-45)49-21-12-2/h11-13,15-16,22-25,27,37H,1-2,14,17-21H2,3-10H3/t27-,37-/m0/s1. The number of halogens is 1. The Morgan fingerprint density at radius 3 is 2.43 bits per heavy atom. The number of methoxy groups -OCH3 is 1. The minimum Gasteiger partial charge on any atom is -0.490 e. The number of hydrogen-bond acceptors (Lipinski definition) is 8. The third kappa shape index (κ3) is 8.51. The van der Waals surface area contributed by atoms with E-state index in [4.69, 9.17) is 29.0 Å². The first-order chi connectivity index (χ1) is 24.2. The van der Waals surface area contributed by atoms with Gasteiger partial charge in [-0.25, -0.2) is 14.2 Å². The van der Waals surface area contributed by atoms with Gasteiger partial charge in [-0.1, -0.05) is 30.4 Å². The normalized spacial score (nSPS) is 15.7. The van der Waals surface area contributed by atoms with E-state index in [9.17, 15) is 9.18 Å². The van der Waals surface area contributed by atoms with Gasteiger partial charge in [0.25, 0.3) is 0 Å². The van der Waals surface area contributed by atoms with Crippen LogP contribution in [0.3, 0.4) is 0 Å². The van der Waals surface area contributed by atoms with Crippen molar-refractivity contribution in [1.82, 2.24) is 14.6 Å². The minimum atomic E-state index is -1.04. The van der Waals surface area contributed by atoms with Crippen LogP contribution in [0.25, 0.3) is 28.0 Å². The minimum absolute atomic E-state index is 0.177. The van der Waals surface area contributed by atoms with Gasteiger partial charge >= 0.3 is 5.97 Å². The molecule has 0 unspecified atom stereocenters. The number of ether oxygens (including phenoxy) is 4. The van der Waals surface area contributed by atoms with E-state index in [1.807, 2.05) is 75.5 Å². The fourth-order valence-electron chi connectivity index (χ4n) is 6.48. The molecule has 1 saturated heterocycles. The molecule has 1 aliphatic heterocycles. The summed E-state index contributed by atoms with van der Waals surface area (Å²) in [4.78, 5) is 20.6. The molecule has 272 valence electrons. The van der Waals surface area contributed by atoms with E-state index < -0.39 is 17.7 Å². The zero-order valence-electron chi connectivity index (χ0n) is 31.2. The summed E-state index contributed by atoms with van der Waals surface area (Å²) in [5.41, 5.74) is 4.61. The number of hydrogen-bond donors (Lipinski definition) is 0. The second-order valence-electron chi connectivity index (χ2n) is 14.5. The number of carbonyl (C=O) groups is 1. The van der Waals surface area contributed by atoms with Crippen molar-refractivity contribution >= 4 is 17.4 Å². The Morgan fingerprint density at radius 1 is 1.08 bits per heavy atom. The van der Waals surface area contributed by atoms with E-state index in [0.29, 0.717) is 60.0 Å². The lowest BCUT2D eigenvalue weighted by atomic mass is 9.92. The number of anilines is 1. The molecule has 0 spiro atoms. The van der Waals surface area contributed by atoms with Crippen LogP contribution in [0.5, 0.6) is 5.75 Å². The van der Waals surface area contributed by atoms with Gasteiger partial charge in [0.1, 0.15) is 17.4 Å². The van der Waals surface area contributed by atoms with E-state index in [1.54, 1.807) is 19.1 Å². The van der Waals surface area contributed by atoms with Crippen LogP contribution in [0.15, 0.2) is 67.8 Å². The van der Waals surface area contributed by atoms with Crippen molar-refractivity contribution in [3.05, 3.63) is 90.4 Å². The summed E-state index contributed by atoms with van der Waals surface area (Å²) < 4.78 is 40.6. The molecular formula is C41H51FN4O5. The summed E-state index contributed by atoms with van der Waals surface area (Å²) in [5, 5.41) is 5.13. The molecule has 0 aliphatic carbocycles. The largest absolute Gasteiger partial charge is 0.490 e. The van der Waals surface area contributed by atoms with Crippen LogP contribution >= 0.6 is 0 Å². The monoisotopic (exact) mass is 698 g/mol. The zero-order chi connectivity index (χ0) is 37.1. The molecule has 3 heterocycles. The van der Waals surface area contributed by atoms with Crippen LogP contribution in [-0.2, 0) is 19.0 Å². The van der Waals surface area contributed by atoms with Crippen molar-refractivity contribution in [3.8, 4) is 28.1 Å². The average molecular weight is 699 g/mol. The number of aryl methyl sites for hydroxylation is 2. The van der Waals surface area contributed by atoms with Crippen molar-refractivity contribution < 1.29 is 28.1 Å². The lowest BCUT2D eigenvalue weighted by Gasteiger charge is -2.41. The molecule has 51 heavy (non-hydrogen) atoms. The van der Waals surface area contributed by atoms with E-state index in [0.717, 1.165) is 35.3 Å². The number of nitrogens with zero attached hydrogens (tertiary/aromatic N) is 4. The number of rotatable bonds is 13. The summed E-state index contributed by atoms with van der Waals surface area (Å²) in [6.07, 6.45) is 4.49. The molecular weight excluding hydrogens is 647 g/mol. The zero-order valence-corrected chi connectivity index (χ0v) is 31.2. The van der Waals surface area contributed by atoms with Crippen molar-refractivity contribution in [2.75, 3.05) is 31.7 Å². The third-order valence-corrected chi connectivity index (χ3v) is 9.18. The molecule has 0 radical (unpaired) electrons. The third-order valence-electron chi connectivity index (χ3n) is 9.18. The SMILES string of the molecule is C=CCOC1(C)CCN(c2c([C@H](OC(C)(C)C)C(=O)OC)c(C)nc3cc(-c4cccc(-c5cc(C)c(F)cc5O[C@@H](C)CC=C)c4)nn23)CC1. The second-order valence-corrected chi connectivity index (χ2v) is 14.5. The van der Waals surface area contributed by atoms with Gasteiger partial charge in [0.05, 0.1) is 42.3 Å². The average Bonchev–Trinajstić information content (AvgIpc) is 3.51. The summed E-state index contributed by atoms with van der Waals surface area (Å²) in [5.74, 6) is 0.352. The van der Waals surface area contributed by atoms with Crippen LogP contribution in [0.2, 0.25) is 0 Å². The molecule has 10 heteroatoms. The van der Waals surface area contributed by atoms with Gasteiger partial charge < -0.3 is 23.8 Å². The van der Waals surface area contributed by atoms with Crippen LogP contribution in [0.1, 0.15) is 76.8 Å². The van der Waals surface area contributed by atoms with Gasteiger partial charge in [-0.3, -0.25) is 0 Å². The molecule has 2 aromatic carbocycles.